The number of rotatable bonds is 1. The summed E-state index contributed by atoms with van der Waals surface area (Å²) in [5.74, 6) is 3.00. The van der Waals surface area contributed by atoms with E-state index in [4.69, 9.17) is 5.73 Å². The fourth-order valence-corrected chi connectivity index (χ4v) is 5.58. The number of nitrogens with two attached hydrogens (primary N) is 1. The Labute approximate surface area is 117 Å². The fourth-order valence-electron chi connectivity index (χ4n) is 5.34. The van der Waals surface area contributed by atoms with Crippen LogP contribution in [0.1, 0.15) is 44.1 Å². The van der Waals surface area contributed by atoms with E-state index in [0.717, 1.165) is 27.9 Å². The lowest BCUT2D eigenvalue weighted by Crippen LogP contribution is -2.48. The predicted octanol–water partition coefficient (Wildman–Crippen LogP) is 4.50. The van der Waals surface area contributed by atoms with Gasteiger partial charge in [0.05, 0.1) is 0 Å². The molecular weight excluding hydrogens is 286 g/mol. The van der Waals surface area contributed by atoms with E-state index in [1.165, 1.54) is 44.1 Å². The molecule has 4 aliphatic rings. The molecule has 0 saturated heterocycles. The molecule has 0 unspecified atom stereocenters. The fraction of sp³-hybridized carbons (Fsp3) is 0.625. The monoisotopic (exact) mass is 305 g/mol. The lowest BCUT2D eigenvalue weighted by atomic mass is 9.48. The van der Waals surface area contributed by atoms with Gasteiger partial charge in [0.25, 0.3) is 0 Å². The van der Waals surface area contributed by atoms with Crippen LogP contribution in [-0.2, 0) is 5.41 Å². The smallest absolute Gasteiger partial charge is 0.0461 e. The Morgan fingerprint density at radius 1 is 1.00 bits per heavy atom. The minimum Gasteiger partial charge on any atom is -0.398 e. The molecule has 2 N–H and O–H groups in total. The number of nitrogen functional groups attached to an aromatic ring is 1. The first kappa shape index (κ1) is 11.3. The van der Waals surface area contributed by atoms with Gasteiger partial charge in [-0.15, -0.1) is 0 Å². The molecule has 1 aromatic carbocycles. The van der Waals surface area contributed by atoms with Crippen LogP contribution in [0.15, 0.2) is 22.7 Å². The topological polar surface area (TPSA) is 26.0 Å². The molecule has 2 heteroatoms. The Morgan fingerprint density at radius 2 is 1.56 bits per heavy atom. The molecule has 0 aromatic heterocycles. The van der Waals surface area contributed by atoms with Crippen LogP contribution in [0.25, 0.3) is 0 Å². The molecule has 96 valence electrons. The van der Waals surface area contributed by atoms with Crippen LogP contribution in [0.2, 0.25) is 0 Å². The van der Waals surface area contributed by atoms with Gasteiger partial charge in [0.2, 0.25) is 0 Å². The van der Waals surface area contributed by atoms with Crippen LogP contribution in [0, 0.1) is 17.8 Å². The Kier molecular flexibility index (Phi) is 2.36. The third-order valence-electron chi connectivity index (χ3n) is 5.65. The Hall–Kier alpha value is -0.500. The molecule has 4 aliphatic carbocycles. The van der Waals surface area contributed by atoms with E-state index in [1.54, 1.807) is 0 Å². The molecule has 1 aromatic rings. The molecule has 4 bridgehead atoms. The molecule has 0 spiro atoms. The van der Waals surface area contributed by atoms with E-state index in [2.05, 4.69) is 34.1 Å². The highest BCUT2D eigenvalue weighted by atomic mass is 79.9. The van der Waals surface area contributed by atoms with Crippen molar-refractivity contribution in [3.05, 3.63) is 28.2 Å². The van der Waals surface area contributed by atoms with Gasteiger partial charge in [-0.2, -0.15) is 0 Å². The van der Waals surface area contributed by atoms with Gasteiger partial charge >= 0.3 is 0 Å². The van der Waals surface area contributed by atoms with Gasteiger partial charge in [0.1, 0.15) is 0 Å². The molecule has 5 rings (SSSR count). The van der Waals surface area contributed by atoms with Crippen molar-refractivity contribution in [1.29, 1.82) is 0 Å². The second-order valence-corrected chi connectivity index (χ2v) is 7.79. The summed E-state index contributed by atoms with van der Waals surface area (Å²) in [7, 11) is 0. The summed E-state index contributed by atoms with van der Waals surface area (Å²) in [4.78, 5) is 0. The third-order valence-corrected chi connectivity index (χ3v) is 6.37. The van der Waals surface area contributed by atoms with Crippen LogP contribution < -0.4 is 5.73 Å². The van der Waals surface area contributed by atoms with E-state index in [0.29, 0.717) is 5.41 Å². The maximum atomic E-state index is 6.09. The van der Waals surface area contributed by atoms with Crippen molar-refractivity contribution < 1.29 is 0 Å². The Balaban J connectivity index is 1.76. The van der Waals surface area contributed by atoms with Crippen molar-refractivity contribution in [3.63, 3.8) is 0 Å². The Morgan fingerprint density at radius 3 is 2.06 bits per heavy atom. The van der Waals surface area contributed by atoms with Crippen molar-refractivity contribution in [2.75, 3.05) is 5.73 Å². The second kappa shape index (κ2) is 3.75. The first-order valence-electron chi connectivity index (χ1n) is 7.20. The number of hydrogen-bond donors (Lipinski definition) is 1. The maximum absolute atomic E-state index is 6.09. The molecular formula is C16H20BrN. The minimum atomic E-state index is 0.476. The SMILES string of the molecule is Nc1cc(C23CC4CC(CC(C4)C2)C3)ccc1Br. The van der Waals surface area contributed by atoms with Crippen molar-refractivity contribution in [3.8, 4) is 0 Å². The predicted molar refractivity (Wildman–Crippen MR) is 78.4 cm³/mol. The average Bonchev–Trinajstić information content (AvgIpc) is 2.31. The van der Waals surface area contributed by atoms with Crippen LogP contribution in [0.5, 0.6) is 0 Å². The summed E-state index contributed by atoms with van der Waals surface area (Å²) in [6, 6.07) is 6.69. The van der Waals surface area contributed by atoms with Crippen LogP contribution >= 0.6 is 15.9 Å². The average molecular weight is 306 g/mol. The highest BCUT2D eigenvalue weighted by molar-refractivity contribution is 9.10. The zero-order valence-electron chi connectivity index (χ0n) is 10.7. The van der Waals surface area contributed by atoms with Crippen molar-refractivity contribution in [2.45, 2.75) is 43.9 Å². The van der Waals surface area contributed by atoms with Gasteiger partial charge in [-0.3, -0.25) is 0 Å². The molecule has 0 atom stereocenters. The van der Waals surface area contributed by atoms with Gasteiger partial charge in [-0.1, -0.05) is 6.07 Å². The van der Waals surface area contributed by atoms with E-state index in [9.17, 15) is 0 Å². The van der Waals surface area contributed by atoms with Gasteiger partial charge in [0.15, 0.2) is 0 Å². The molecule has 4 fully saturated rings. The zero-order valence-corrected chi connectivity index (χ0v) is 12.2. The van der Waals surface area contributed by atoms with Crippen molar-refractivity contribution in [1.82, 2.24) is 0 Å². The zero-order chi connectivity index (χ0) is 12.3. The van der Waals surface area contributed by atoms with Crippen LogP contribution in [-0.4, -0.2) is 0 Å². The normalized spacial score (nSPS) is 41.3. The number of anilines is 1. The lowest BCUT2D eigenvalue weighted by Gasteiger charge is -2.57. The summed E-state index contributed by atoms with van der Waals surface area (Å²) in [5, 5.41) is 0. The van der Waals surface area contributed by atoms with Crippen molar-refractivity contribution in [2.24, 2.45) is 17.8 Å². The summed E-state index contributed by atoms with van der Waals surface area (Å²) in [6.07, 6.45) is 8.77. The third kappa shape index (κ3) is 1.57. The van der Waals surface area contributed by atoms with Gasteiger partial charge in [-0.05, 0) is 95.3 Å². The van der Waals surface area contributed by atoms with E-state index < -0.39 is 0 Å². The van der Waals surface area contributed by atoms with Crippen LogP contribution in [0.4, 0.5) is 5.69 Å². The standard InChI is InChI=1S/C16H20BrN/c17-14-2-1-13(6-15(14)18)16-7-10-3-11(8-16)5-12(4-10)9-16/h1-2,6,10-12H,3-5,7-9,18H2. The summed E-state index contributed by atoms with van der Waals surface area (Å²) in [5.41, 5.74) is 8.99. The first-order chi connectivity index (χ1) is 8.64. The molecule has 0 radical (unpaired) electrons. The number of hydrogen-bond acceptors (Lipinski definition) is 1. The molecule has 0 heterocycles. The first-order valence-corrected chi connectivity index (χ1v) is 7.99. The maximum Gasteiger partial charge on any atom is 0.0461 e. The number of halogens is 1. The summed E-state index contributed by atoms with van der Waals surface area (Å²) >= 11 is 3.51. The van der Waals surface area contributed by atoms with Gasteiger partial charge in [0, 0.05) is 10.2 Å². The largest absolute Gasteiger partial charge is 0.398 e. The van der Waals surface area contributed by atoms with E-state index in [-0.39, 0.29) is 0 Å². The second-order valence-electron chi connectivity index (χ2n) is 6.93. The number of benzene rings is 1. The van der Waals surface area contributed by atoms with Crippen LogP contribution in [0.3, 0.4) is 0 Å². The Bertz CT molecular complexity index is 459. The molecule has 4 saturated carbocycles. The lowest BCUT2D eigenvalue weighted by molar-refractivity contribution is -0.00516. The minimum absolute atomic E-state index is 0.476. The van der Waals surface area contributed by atoms with E-state index >= 15 is 0 Å². The van der Waals surface area contributed by atoms with E-state index in [1.807, 2.05) is 0 Å². The highest BCUT2D eigenvalue weighted by Crippen LogP contribution is 2.60. The van der Waals surface area contributed by atoms with Gasteiger partial charge in [-0.25, -0.2) is 0 Å². The van der Waals surface area contributed by atoms with Crippen molar-refractivity contribution >= 4 is 21.6 Å². The quantitative estimate of drug-likeness (QED) is 0.760. The molecule has 1 nitrogen and oxygen atoms in total. The molecule has 18 heavy (non-hydrogen) atoms. The highest BCUT2D eigenvalue weighted by Gasteiger charge is 2.51. The molecule has 0 aliphatic heterocycles. The molecule has 0 amide bonds. The summed E-state index contributed by atoms with van der Waals surface area (Å²) < 4.78 is 1.04. The van der Waals surface area contributed by atoms with Gasteiger partial charge < -0.3 is 5.73 Å². The summed E-state index contributed by atoms with van der Waals surface area (Å²) in [6.45, 7) is 0.